The highest BCUT2D eigenvalue weighted by molar-refractivity contribution is 5.99. The lowest BCUT2D eigenvalue weighted by Crippen LogP contribution is -2.49. The highest BCUT2D eigenvalue weighted by Crippen LogP contribution is 2.30. The fraction of sp³-hybridized carbons (Fsp3) is 0.423. The number of aliphatic hydroxyl groups excluding tert-OH is 1. The van der Waals surface area contributed by atoms with Crippen LogP contribution in [0, 0.1) is 5.92 Å². The molecule has 0 fully saturated rings. The standard InChI is InChI=1S/C26H33N7O4/c1-18-12-33(19(2)16-34)26(36)22-11-21(28-25(35)15-32-17-27-29-30-32)9-10-23(22)37-24(18)14-31(3)13-20-7-5-4-6-8-20/h4-11,17-19,24,34H,12-16H2,1-3H3,(H,28,35)/t18-,19-,24+/m0/s1. The van der Waals surface area contributed by atoms with E-state index in [0.29, 0.717) is 30.1 Å². The summed E-state index contributed by atoms with van der Waals surface area (Å²) in [5.74, 6) is -0.125. The van der Waals surface area contributed by atoms with E-state index in [1.165, 1.54) is 16.6 Å². The highest BCUT2D eigenvalue weighted by Gasteiger charge is 2.33. The Morgan fingerprint density at radius 1 is 1.27 bits per heavy atom. The number of tetrazole rings is 1. The van der Waals surface area contributed by atoms with Crippen LogP contribution in [0.15, 0.2) is 54.9 Å². The fourth-order valence-electron chi connectivity index (χ4n) is 4.39. The first-order chi connectivity index (χ1) is 17.8. The minimum atomic E-state index is -0.373. The molecule has 2 heterocycles. The van der Waals surface area contributed by atoms with Crippen LogP contribution in [0.1, 0.15) is 29.8 Å². The Bertz CT molecular complexity index is 1190. The van der Waals surface area contributed by atoms with Crippen molar-refractivity contribution in [2.75, 3.05) is 32.1 Å². The maximum Gasteiger partial charge on any atom is 0.258 e. The second-order valence-electron chi connectivity index (χ2n) is 9.57. The molecule has 37 heavy (non-hydrogen) atoms. The zero-order valence-corrected chi connectivity index (χ0v) is 21.3. The molecule has 2 aromatic carbocycles. The van der Waals surface area contributed by atoms with E-state index in [9.17, 15) is 14.7 Å². The Kier molecular flexibility index (Phi) is 8.47. The van der Waals surface area contributed by atoms with Gasteiger partial charge in [0.1, 0.15) is 24.7 Å². The summed E-state index contributed by atoms with van der Waals surface area (Å²) < 4.78 is 7.75. The van der Waals surface area contributed by atoms with Crippen LogP contribution >= 0.6 is 0 Å². The largest absolute Gasteiger partial charge is 0.488 e. The van der Waals surface area contributed by atoms with E-state index >= 15 is 0 Å². The maximum atomic E-state index is 13.6. The number of hydrogen-bond donors (Lipinski definition) is 2. The summed E-state index contributed by atoms with van der Waals surface area (Å²) in [6.45, 7) is 5.51. The molecule has 3 aromatic rings. The van der Waals surface area contributed by atoms with Crippen molar-refractivity contribution in [1.82, 2.24) is 30.0 Å². The molecule has 1 aliphatic rings. The normalized spacial score (nSPS) is 18.5. The number of rotatable bonds is 9. The van der Waals surface area contributed by atoms with Gasteiger partial charge in [0.25, 0.3) is 5.91 Å². The number of ether oxygens (including phenoxy) is 1. The van der Waals surface area contributed by atoms with Crippen LogP contribution < -0.4 is 10.1 Å². The predicted octanol–water partition coefficient (Wildman–Crippen LogP) is 1.66. The fourth-order valence-corrected chi connectivity index (χ4v) is 4.39. The molecule has 11 nitrogen and oxygen atoms in total. The Labute approximate surface area is 216 Å². The average molecular weight is 508 g/mol. The molecule has 1 aromatic heterocycles. The lowest BCUT2D eigenvalue weighted by Gasteiger charge is -2.38. The second kappa shape index (κ2) is 11.9. The number of aliphatic hydroxyl groups is 1. The van der Waals surface area contributed by atoms with Gasteiger partial charge in [0.15, 0.2) is 0 Å². The van der Waals surface area contributed by atoms with Crippen molar-refractivity contribution < 1.29 is 19.4 Å². The number of amides is 2. The van der Waals surface area contributed by atoms with Crippen molar-refractivity contribution in [3.63, 3.8) is 0 Å². The molecule has 0 spiro atoms. The first-order valence-electron chi connectivity index (χ1n) is 12.3. The van der Waals surface area contributed by atoms with Gasteiger partial charge < -0.3 is 20.1 Å². The van der Waals surface area contributed by atoms with Crippen molar-refractivity contribution >= 4 is 17.5 Å². The number of carbonyl (C=O) groups is 2. The SMILES string of the molecule is C[C@H]1CN([C@@H](C)CO)C(=O)c2cc(NC(=O)Cn3cnnn3)ccc2O[C@@H]1CN(C)Cc1ccccc1. The number of nitrogens with one attached hydrogen (secondary N) is 1. The van der Waals surface area contributed by atoms with E-state index < -0.39 is 0 Å². The van der Waals surface area contributed by atoms with Gasteiger partial charge in [-0.05, 0) is 48.2 Å². The van der Waals surface area contributed by atoms with E-state index in [1.54, 1.807) is 23.1 Å². The van der Waals surface area contributed by atoms with E-state index in [-0.39, 0.29) is 43.0 Å². The summed E-state index contributed by atoms with van der Waals surface area (Å²) in [5.41, 5.74) is 2.00. The van der Waals surface area contributed by atoms with Crippen LogP contribution in [0.2, 0.25) is 0 Å². The van der Waals surface area contributed by atoms with E-state index in [0.717, 1.165) is 6.54 Å². The van der Waals surface area contributed by atoms with Gasteiger partial charge in [-0.2, -0.15) is 0 Å². The van der Waals surface area contributed by atoms with Gasteiger partial charge in [0.05, 0.1) is 18.2 Å². The molecule has 0 unspecified atom stereocenters. The van der Waals surface area contributed by atoms with Crippen molar-refractivity contribution in [3.05, 3.63) is 66.0 Å². The minimum Gasteiger partial charge on any atom is -0.488 e. The number of hydrogen-bond acceptors (Lipinski definition) is 8. The monoisotopic (exact) mass is 507 g/mol. The van der Waals surface area contributed by atoms with Crippen LogP contribution in [0.5, 0.6) is 5.75 Å². The molecule has 0 bridgehead atoms. The molecular formula is C26H33N7O4. The van der Waals surface area contributed by atoms with Crippen LogP contribution in [-0.2, 0) is 17.9 Å². The molecule has 2 N–H and O–H groups in total. The summed E-state index contributed by atoms with van der Waals surface area (Å²) in [7, 11) is 2.05. The summed E-state index contributed by atoms with van der Waals surface area (Å²) in [5, 5.41) is 23.4. The molecule has 0 radical (unpaired) electrons. The molecule has 1 aliphatic heterocycles. The first kappa shape index (κ1) is 26.2. The summed E-state index contributed by atoms with van der Waals surface area (Å²) in [4.78, 5) is 29.9. The third kappa shape index (κ3) is 6.69. The Balaban J connectivity index is 1.57. The van der Waals surface area contributed by atoms with Crippen LogP contribution in [0.3, 0.4) is 0 Å². The van der Waals surface area contributed by atoms with Gasteiger partial charge in [-0.15, -0.1) is 5.10 Å². The number of likely N-dealkylation sites (N-methyl/N-ethyl adjacent to an activating group) is 1. The van der Waals surface area contributed by atoms with Crippen LogP contribution in [-0.4, -0.2) is 85.8 Å². The van der Waals surface area contributed by atoms with Crippen molar-refractivity contribution in [2.24, 2.45) is 5.92 Å². The lowest BCUT2D eigenvalue weighted by molar-refractivity contribution is -0.116. The number of aromatic nitrogens is 4. The third-order valence-electron chi connectivity index (χ3n) is 6.43. The average Bonchev–Trinajstić information content (AvgIpc) is 3.39. The molecule has 2 amide bonds. The van der Waals surface area contributed by atoms with Crippen LogP contribution in [0.25, 0.3) is 0 Å². The molecule has 4 rings (SSSR count). The Morgan fingerprint density at radius 3 is 2.76 bits per heavy atom. The van der Waals surface area contributed by atoms with Gasteiger partial charge in [-0.1, -0.05) is 37.3 Å². The Hall–Kier alpha value is -3.83. The molecule has 11 heteroatoms. The smallest absolute Gasteiger partial charge is 0.258 e. The quantitative estimate of drug-likeness (QED) is 0.448. The van der Waals surface area contributed by atoms with E-state index in [1.807, 2.05) is 32.2 Å². The van der Waals surface area contributed by atoms with Crippen molar-refractivity contribution in [3.8, 4) is 5.75 Å². The molecule has 196 valence electrons. The molecule has 3 atom stereocenters. The molecular weight excluding hydrogens is 474 g/mol. The van der Waals surface area contributed by atoms with Gasteiger partial charge in [-0.3, -0.25) is 14.5 Å². The van der Waals surface area contributed by atoms with Gasteiger partial charge in [0, 0.05) is 31.2 Å². The third-order valence-corrected chi connectivity index (χ3v) is 6.43. The van der Waals surface area contributed by atoms with Crippen LogP contribution in [0.4, 0.5) is 5.69 Å². The molecule has 0 saturated heterocycles. The predicted molar refractivity (Wildman–Crippen MR) is 137 cm³/mol. The zero-order chi connectivity index (χ0) is 26.4. The van der Waals surface area contributed by atoms with E-state index in [2.05, 4.69) is 44.8 Å². The summed E-state index contributed by atoms with van der Waals surface area (Å²) >= 11 is 0. The molecule has 0 saturated carbocycles. The van der Waals surface area contributed by atoms with Crippen molar-refractivity contribution in [2.45, 2.75) is 39.1 Å². The topological polar surface area (TPSA) is 126 Å². The van der Waals surface area contributed by atoms with Crippen molar-refractivity contribution in [1.29, 1.82) is 0 Å². The van der Waals surface area contributed by atoms with Gasteiger partial charge >= 0.3 is 0 Å². The number of fused-ring (bicyclic) bond motifs is 1. The summed E-state index contributed by atoms with van der Waals surface area (Å²) in [6, 6.07) is 14.9. The lowest BCUT2D eigenvalue weighted by atomic mass is 9.99. The zero-order valence-electron chi connectivity index (χ0n) is 21.3. The summed E-state index contributed by atoms with van der Waals surface area (Å²) in [6.07, 6.45) is 1.15. The maximum absolute atomic E-state index is 13.6. The highest BCUT2D eigenvalue weighted by atomic mass is 16.5. The first-order valence-corrected chi connectivity index (χ1v) is 12.3. The minimum absolute atomic E-state index is 0.0139. The van der Waals surface area contributed by atoms with Gasteiger partial charge in [-0.25, -0.2) is 4.68 Å². The number of anilines is 1. The second-order valence-corrected chi connectivity index (χ2v) is 9.57. The number of benzene rings is 2. The van der Waals surface area contributed by atoms with E-state index in [4.69, 9.17) is 4.74 Å². The Morgan fingerprint density at radius 2 is 2.05 bits per heavy atom. The van der Waals surface area contributed by atoms with Gasteiger partial charge in [0.2, 0.25) is 5.91 Å². The number of nitrogens with zero attached hydrogens (tertiary/aromatic N) is 6. The number of carbonyl (C=O) groups excluding carboxylic acids is 2. The molecule has 0 aliphatic carbocycles.